The van der Waals surface area contributed by atoms with E-state index in [-0.39, 0.29) is 17.2 Å². The maximum atomic E-state index is 10.5. The van der Waals surface area contributed by atoms with Crippen LogP contribution in [0.4, 0.5) is 11.4 Å². The number of benzene rings is 1. The molecule has 1 saturated heterocycles. The quantitative estimate of drug-likeness (QED) is 0.639. The molecule has 0 saturated carbocycles. The van der Waals surface area contributed by atoms with Crippen molar-refractivity contribution < 1.29 is 10.0 Å². The summed E-state index contributed by atoms with van der Waals surface area (Å²) in [5.41, 5.74) is 1.15. The van der Waals surface area contributed by atoms with Crippen LogP contribution in [-0.4, -0.2) is 29.7 Å². The van der Waals surface area contributed by atoms with Crippen LogP contribution in [0.2, 0.25) is 0 Å². The molecule has 0 aromatic heterocycles. The SMILES string of the molecule is O=[N+]([O-])c1ccc(N2CC[C@@H](CCO)C2)cc1. The molecule has 0 bridgehead atoms. The van der Waals surface area contributed by atoms with E-state index >= 15 is 0 Å². The van der Waals surface area contributed by atoms with Crippen LogP contribution in [0.1, 0.15) is 12.8 Å². The van der Waals surface area contributed by atoms with Gasteiger partial charge in [0, 0.05) is 37.5 Å². The van der Waals surface area contributed by atoms with Crippen molar-refractivity contribution in [3.8, 4) is 0 Å². The maximum absolute atomic E-state index is 10.5. The van der Waals surface area contributed by atoms with Gasteiger partial charge in [-0.1, -0.05) is 0 Å². The second kappa shape index (κ2) is 5.14. The van der Waals surface area contributed by atoms with Crippen molar-refractivity contribution in [2.45, 2.75) is 12.8 Å². The van der Waals surface area contributed by atoms with Crippen LogP contribution < -0.4 is 4.90 Å². The zero-order valence-corrected chi connectivity index (χ0v) is 9.58. The molecule has 5 nitrogen and oxygen atoms in total. The molecule has 1 heterocycles. The van der Waals surface area contributed by atoms with Gasteiger partial charge < -0.3 is 10.0 Å². The minimum atomic E-state index is -0.387. The number of hydrogen-bond donors (Lipinski definition) is 1. The van der Waals surface area contributed by atoms with E-state index in [9.17, 15) is 10.1 Å². The van der Waals surface area contributed by atoms with Gasteiger partial charge in [-0.25, -0.2) is 0 Å². The smallest absolute Gasteiger partial charge is 0.269 e. The molecule has 92 valence electrons. The van der Waals surface area contributed by atoms with Crippen molar-refractivity contribution >= 4 is 11.4 Å². The lowest BCUT2D eigenvalue weighted by Gasteiger charge is -2.18. The molecular weight excluding hydrogens is 220 g/mol. The highest BCUT2D eigenvalue weighted by atomic mass is 16.6. The molecule has 1 aliphatic heterocycles. The molecule has 0 unspecified atom stereocenters. The Hall–Kier alpha value is -1.62. The van der Waals surface area contributed by atoms with E-state index in [2.05, 4.69) is 4.90 Å². The summed E-state index contributed by atoms with van der Waals surface area (Å²) in [5, 5.41) is 19.4. The summed E-state index contributed by atoms with van der Waals surface area (Å²) in [6.07, 6.45) is 1.92. The van der Waals surface area contributed by atoms with Crippen LogP contribution in [0.15, 0.2) is 24.3 Å². The molecule has 1 fully saturated rings. The second-order valence-electron chi connectivity index (χ2n) is 4.39. The summed E-state index contributed by atoms with van der Waals surface area (Å²) in [7, 11) is 0. The van der Waals surface area contributed by atoms with Crippen molar-refractivity contribution in [1.82, 2.24) is 0 Å². The van der Waals surface area contributed by atoms with Gasteiger partial charge in [-0.05, 0) is 30.9 Å². The normalized spacial score (nSPS) is 19.6. The Morgan fingerprint density at radius 1 is 1.41 bits per heavy atom. The number of non-ortho nitro benzene ring substituents is 1. The molecule has 0 amide bonds. The lowest BCUT2D eigenvalue weighted by Crippen LogP contribution is -2.19. The number of rotatable bonds is 4. The minimum absolute atomic E-state index is 0.125. The van der Waals surface area contributed by atoms with E-state index in [4.69, 9.17) is 5.11 Å². The van der Waals surface area contributed by atoms with Crippen LogP contribution in [0.25, 0.3) is 0 Å². The lowest BCUT2D eigenvalue weighted by molar-refractivity contribution is -0.384. The van der Waals surface area contributed by atoms with Gasteiger partial charge in [0.2, 0.25) is 0 Å². The molecule has 0 radical (unpaired) electrons. The zero-order chi connectivity index (χ0) is 12.3. The standard InChI is InChI=1S/C12H16N2O3/c15-8-6-10-5-7-13(9-10)11-1-3-12(4-2-11)14(16)17/h1-4,10,15H,5-9H2/t10-/m0/s1. The summed E-state index contributed by atoms with van der Waals surface area (Å²) in [6, 6.07) is 6.66. The van der Waals surface area contributed by atoms with Crippen molar-refractivity contribution in [3.63, 3.8) is 0 Å². The lowest BCUT2D eigenvalue weighted by atomic mass is 10.1. The molecule has 0 spiro atoms. The van der Waals surface area contributed by atoms with Gasteiger partial charge in [0.25, 0.3) is 5.69 Å². The molecule has 1 aromatic rings. The number of hydrogen-bond acceptors (Lipinski definition) is 4. The number of nitrogens with zero attached hydrogens (tertiary/aromatic N) is 2. The molecule has 1 aliphatic rings. The first-order chi connectivity index (χ1) is 8.20. The first-order valence-corrected chi connectivity index (χ1v) is 5.81. The van der Waals surface area contributed by atoms with E-state index in [0.29, 0.717) is 5.92 Å². The average molecular weight is 236 g/mol. The Morgan fingerprint density at radius 2 is 2.12 bits per heavy atom. The van der Waals surface area contributed by atoms with Crippen LogP contribution in [-0.2, 0) is 0 Å². The average Bonchev–Trinajstić information content (AvgIpc) is 2.78. The molecule has 1 N–H and O–H groups in total. The summed E-state index contributed by atoms with van der Waals surface area (Å²) in [5.74, 6) is 0.537. The maximum Gasteiger partial charge on any atom is 0.269 e. The van der Waals surface area contributed by atoms with Gasteiger partial charge in [0.1, 0.15) is 0 Å². The Labute approximate surface area is 99.8 Å². The summed E-state index contributed by atoms with van der Waals surface area (Å²) in [6.45, 7) is 2.12. The molecule has 2 rings (SSSR count). The molecule has 0 aliphatic carbocycles. The van der Waals surface area contributed by atoms with E-state index in [0.717, 1.165) is 31.6 Å². The Bertz CT molecular complexity index is 391. The van der Waals surface area contributed by atoms with Crippen LogP contribution in [0, 0.1) is 16.0 Å². The number of nitro groups is 1. The van der Waals surface area contributed by atoms with E-state index in [1.165, 1.54) is 12.1 Å². The fraction of sp³-hybridized carbons (Fsp3) is 0.500. The van der Waals surface area contributed by atoms with E-state index in [1.54, 1.807) is 12.1 Å². The van der Waals surface area contributed by atoms with Gasteiger partial charge >= 0.3 is 0 Å². The van der Waals surface area contributed by atoms with Gasteiger partial charge in [-0.2, -0.15) is 0 Å². The molecule has 1 atom stereocenters. The van der Waals surface area contributed by atoms with Gasteiger partial charge in [0.05, 0.1) is 4.92 Å². The van der Waals surface area contributed by atoms with E-state index < -0.39 is 0 Å². The molecular formula is C12H16N2O3. The fourth-order valence-electron chi connectivity index (χ4n) is 2.27. The molecule has 5 heteroatoms. The first kappa shape index (κ1) is 11.9. The van der Waals surface area contributed by atoms with Crippen molar-refractivity contribution in [2.24, 2.45) is 5.92 Å². The third-order valence-electron chi connectivity index (χ3n) is 3.25. The molecule has 1 aromatic carbocycles. The summed E-state index contributed by atoms with van der Waals surface area (Å²) < 4.78 is 0. The Balaban J connectivity index is 2.01. The van der Waals surface area contributed by atoms with Crippen LogP contribution in [0.3, 0.4) is 0 Å². The van der Waals surface area contributed by atoms with Gasteiger partial charge in [-0.15, -0.1) is 0 Å². The van der Waals surface area contributed by atoms with Crippen molar-refractivity contribution in [3.05, 3.63) is 34.4 Å². The predicted molar refractivity (Wildman–Crippen MR) is 65.1 cm³/mol. The summed E-state index contributed by atoms with van der Waals surface area (Å²) >= 11 is 0. The number of nitro benzene ring substituents is 1. The van der Waals surface area contributed by atoms with Crippen molar-refractivity contribution in [1.29, 1.82) is 0 Å². The van der Waals surface area contributed by atoms with Crippen LogP contribution >= 0.6 is 0 Å². The third-order valence-corrected chi connectivity index (χ3v) is 3.25. The minimum Gasteiger partial charge on any atom is -0.396 e. The number of aliphatic hydroxyl groups excluding tert-OH is 1. The Morgan fingerprint density at radius 3 is 2.71 bits per heavy atom. The second-order valence-corrected chi connectivity index (χ2v) is 4.39. The van der Waals surface area contributed by atoms with Crippen molar-refractivity contribution in [2.75, 3.05) is 24.6 Å². The summed E-state index contributed by atoms with van der Waals surface area (Å²) in [4.78, 5) is 12.4. The fourth-order valence-corrected chi connectivity index (χ4v) is 2.27. The van der Waals surface area contributed by atoms with Crippen LogP contribution in [0.5, 0.6) is 0 Å². The monoisotopic (exact) mass is 236 g/mol. The number of anilines is 1. The number of aliphatic hydroxyl groups is 1. The zero-order valence-electron chi connectivity index (χ0n) is 9.58. The topological polar surface area (TPSA) is 66.6 Å². The van der Waals surface area contributed by atoms with E-state index in [1.807, 2.05) is 0 Å². The largest absolute Gasteiger partial charge is 0.396 e. The highest BCUT2D eigenvalue weighted by molar-refractivity contribution is 5.51. The van der Waals surface area contributed by atoms with Gasteiger partial charge in [-0.3, -0.25) is 10.1 Å². The Kier molecular flexibility index (Phi) is 3.58. The highest BCUT2D eigenvalue weighted by Gasteiger charge is 2.22. The first-order valence-electron chi connectivity index (χ1n) is 5.81. The third kappa shape index (κ3) is 2.74. The predicted octanol–water partition coefficient (Wildman–Crippen LogP) is 1.80. The molecule has 17 heavy (non-hydrogen) atoms. The van der Waals surface area contributed by atoms with Gasteiger partial charge in [0.15, 0.2) is 0 Å². The highest BCUT2D eigenvalue weighted by Crippen LogP contribution is 2.26.